The number of carbonyl (C=O) groups excluding carboxylic acids is 1. The first-order valence-electron chi connectivity index (χ1n) is 4.89. The Bertz CT molecular complexity index is 553. The molecule has 1 amide bonds. The molecule has 1 unspecified atom stereocenters. The van der Waals surface area contributed by atoms with Gasteiger partial charge >= 0.3 is 0 Å². The molecule has 8 heteroatoms. The van der Waals surface area contributed by atoms with Crippen LogP contribution in [0.25, 0.3) is 10.2 Å². The standard InChI is InChI=1S/C9H12N6OS/c1-4(6(10)16)12-7-5-2-3-17-8(5)14-9(13-7)15-11/h2-4H,11H2,1H3,(H2,10,16)(H2,12,13,14,15). The summed E-state index contributed by atoms with van der Waals surface area (Å²) < 4.78 is 0. The van der Waals surface area contributed by atoms with Crippen molar-refractivity contribution < 1.29 is 4.79 Å². The third-order valence-electron chi connectivity index (χ3n) is 2.23. The number of carbonyl (C=O) groups is 1. The Morgan fingerprint density at radius 3 is 2.94 bits per heavy atom. The van der Waals surface area contributed by atoms with Crippen LogP contribution in [0.1, 0.15) is 6.92 Å². The van der Waals surface area contributed by atoms with E-state index < -0.39 is 11.9 Å². The molecule has 0 saturated carbocycles. The SMILES string of the molecule is CC(Nc1nc(NN)nc2sccc12)C(N)=O. The van der Waals surface area contributed by atoms with Crippen LogP contribution in [-0.4, -0.2) is 21.9 Å². The number of primary amides is 1. The number of nitrogen functional groups attached to an aromatic ring is 1. The largest absolute Gasteiger partial charge is 0.368 e. The van der Waals surface area contributed by atoms with Crippen molar-refractivity contribution in [3.63, 3.8) is 0 Å². The van der Waals surface area contributed by atoms with Crippen LogP contribution in [0.4, 0.5) is 11.8 Å². The van der Waals surface area contributed by atoms with Gasteiger partial charge in [0, 0.05) is 0 Å². The van der Waals surface area contributed by atoms with Gasteiger partial charge in [-0.3, -0.25) is 10.2 Å². The Morgan fingerprint density at radius 1 is 1.53 bits per heavy atom. The van der Waals surface area contributed by atoms with E-state index in [1.165, 1.54) is 11.3 Å². The summed E-state index contributed by atoms with van der Waals surface area (Å²) in [6, 6.07) is 1.36. The summed E-state index contributed by atoms with van der Waals surface area (Å²) in [5, 5.41) is 5.65. The lowest BCUT2D eigenvalue weighted by Gasteiger charge is -2.12. The number of nitrogens with one attached hydrogen (secondary N) is 2. The van der Waals surface area contributed by atoms with Gasteiger partial charge in [0.15, 0.2) is 0 Å². The number of anilines is 2. The zero-order valence-electron chi connectivity index (χ0n) is 9.10. The second kappa shape index (κ2) is 4.52. The van der Waals surface area contributed by atoms with Gasteiger partial charge in [-0.25, -0.2) is 10.8 Å². The van der Waals surface area contributed by atoms with E-state index in [1.807, 2.05) is 11.4 Å². The molecule has 0 radical (unpaired) electrons. The van der Waals surface area contributed by atoms with Gasteiger partial charge in [0.1, 0.15) is 16.7 Å². The second-order valence-electron chi connectivity index (χ2n) is 3.45. The molecule has 7 nitrogen and oxygen atoms in total. The van der Waals surface area contributed by atoms with Crippen LogP contribution in [0.15, 0.2) is 11.4 Å². The van der Waals surface area contributed by atoms with Crippen molar-refractivity contribution in [2.24, 2.45) is 11.6 Å². The highest BCUT2D eigenvalue weighted by Gasteiger charge is 2.13. The van der Waals surface area contributed by atoms with E-state index in [9.17, 15) is 4.79 Å². The lowest BCUT2D eigenvalue weighted by molar-refractivity contribution is -0.118. The first-order valence-corrected chi connectivity index (χ1v) is 5.77. The molecule has 0 bridgehead atoms. The maximum atomic E-state index is 11.0. The highest BCUT2D eigenvalue weighted by molar-refractivity contribution is 7.16. The third-order valence-corrected chi connectivity index (χ3v) is 3.04. The maximum absolute atomic E-state index is 11.0. The molecule has 0 spiro atoms. The lowest BCUT2D eigenvalue weighted by Crippen LogP contribution is -2.33. The molecule has 2 rings (SSSR count). The van der Waals surface area contributed by atoms with E-state index in [0.29, 0.717) is 11.8 Å². The summed E-state index contributed by atoms with van der Waals surface area (Å²) in [7, 11) is 0. The number of hydrazine groups is 1. The van der Waals surface area contributed by atoms with Crippen molar-refractivity contribution >= 4 is 39.2 Å². The van der Waals surface area contributed by atoms with E-state index >= 15 is 0 Å². The van der Waals surface area contributed by atoms with Gasteiger partial charge < -0.3 is 11.1 Å². The van der Waals surface area contributed by atoms with Crippen LogP contribution in [0.2, 0.25) is 0 Å². The summed E-state index contributed by atoms with van der Waals surface area (Å²) in [5.41, 5.74) is 7.57. The second-order valence-corrected chi connectivity index (χ2v) is 4.34. The van der Waals surface area contributed by atoms with Crippen LogP contribution >= 0.6 is 11.3 Å². The molecule has 0 aliphatic carbocycles. The minimum atomic E-state index is -0.515. The molecule has 0 aliphatic heterocycles. The lowest BCUT2D eigenvalue weighted by atomic mass is 10.3. The molecule has 0 aromatic carbocycles. The van der Waals surface area contributed by atoms with E-state index in [0.717, 1.165) is 10.2 Å². The minimum absolute atomic E-state index is 0.291. The Morgan fingerprint density at radius 2 is 2.29 bits per heavy atom. The number of amides is 1. The quantitative estimate of drug-likeness (QED) is 0.458. The predicted octanol–water partition coefficient (Wildman–Crippen LogP) is 0.263. The van der Waals surface area contributed by atoms with Gasteiger partial charge in [-0.2, -0.15) is 4.98 Å². The fourth-order valence-electron chi connectivity index (χ4n) is 1.31. The number of fused-ring (bicyclic) bond motifs is 1. The fraction of sp³-hybridized carbons (Fsp3) is 0.222. The average Bonchev–Trinajstić information content (AvgIpc) is 2.76. The van der Waals surface area contributed by atoms with Crippen molar-refractivity contribution in [2.45, 2.75) is 13.0 Å². The Balaban J connectivity index is 2.43. The topological polar surface area (TPSA) is 119 Å². The molecule has 17 heavy (non-hydrogen) atoms. The molecule has 90 valence electrons. The van der Waals surface area contributed by atoms with Gasteiger partial charge in [-0.15, -0.1) is 11.3 Å². The minimum Gasteiger partial charge on any atom is -0.368 e. The van der Waals surface area contributed by atoms with Gasteiger partial charge in [0.2, 0.25) is 11.9 Å². The molecule has 0 fully saturated rings. The van der Waals surface area contributed by atoms with Crippen molar-refractivity contribution in [3.05, 3.63) is 11.4 Å². The van der Waals surface area contributed by atoms with Crippen molar-refractivity contribution in [2.75, 3.05) is 10.7 Å². The van der Waals surface area contributed by atoms with Gasteiger partial charge in [0.05, 0.1) is 5.39 Å². The summed E-state index contributed by atoms with van der Waals surface area (Å²) in [5.74, 6) is 5.66. The van der Waals surface area contributed by atoms with Crippen molar-refractivity contribution in [3.8, 4) is 0 Å². The van der Waals surface area contributed by atoms with Gasteiger partial charge in [0.25, 0.3) is 0 Å². The molecule has 2 aromatic heterocycles. The number of hydrogen-bond donors (Lipinski definition) is 4. The summed E-state index contributed by atoms with van der Waals surface area (Å²) in [6.07, 6.45) is 0. The summed E-state index contributed by atoms with van der Waals surface area (Å²) >= 11 is 1.46. The maximum Gasteiger partial charge on any atom is 0.240 e. The summed E-state index contributed by atoms with van der Waals surface area (Å²) in [6.45, 7) is 1.66. The highest BCUT2D eigenvalue weighted by atomic mass is 32.1. The Labute approximate surface area is 101 Å². The third kappa shape index (κ3) is 2.27. The normalized spacial score (nSPS) is 12.4. The number of aromatic nitrogens is 2. The molecular weight excluding hydrogens is 240 g/mol. The number of hydrogen-bond acceptors (Lipinski definition) is 7. The molecule has 1 atom stereocenters. The van der Waals surface area contributed by atoms with Gasteiger partial charge in [-0.05, 0) is 18.4 Å². The van der Waals surface area contributed by atoms with Crippen LogP contribution < -0.4 is 22.3 Å². The average molecular weight is 252 g/mol. The monoisotopic (exact) mass is 252 g/mol. The molecule has 6 N–H and O–H groups in total. The Kier molecular flexibility index (Phi) is 3.07. The van der Waals surface area contributed by atoms with E-state index in [-0.39, 0.29) is 0 Å². The zero-order chi connectivity index (χ0) is 12.4. The van der Waals surface area contributed by atoms with Crippen LogP contribution in [-0.2, 0) is 4.79 Å². The smallest absolute Gasteiger partial charge is 0.240 e. The zero-order valence-corrected chi connectivity index (χ0v) is 9.91. The van der Waals surface area contributed by atoms with Crippen LogP contribution in [0.5, 0.6) is 0 Å². The van der Waals surface area contributed by atoms with Gasteiger partial charge in [-0.1, -0.05) is 0 Å². The summed E-state index contributed by atoms with van der Waals surface area (Å²) in [4.78, 5) is 20.1. The molecule has 2 heterocycles. The van der Waals surface area contributed by atoms with Crippen molar-refractivity contribution in [1.29, 1.82) is 0 Å². The first-order chi connectivity index (χ1) is 8.11. The van der Waals surface area contributed by atoms with E-state index in [1.54, 1.807) is 6.92 Å². The van der Waals surface area contributed by atoms with Crippen molar-refractivity contribution in [1.82, 2.24) is 9.97 Å². The molecule has 2 aromatic rings. The van der Waals surface area contributed by atoms with Crippen LogP contribution in [0, 0.1) is 0 Å². The number of rotatable bonds is 4. The fourth-order valence-corrected chi connectivity index (χ4v) is 2.07. The van der Waals surface area contributed by atoms with E-state index in [2.05, 4.69) is 20.7 Å². The number of nitrogens with zero attached hydrogens (tertiary/aromatic N) is 2. The predicted molar refractivity (Wildman–Crippen MR) is 67.5 cm³/mol. The number of nitrogens with two attached hydrogens (primary N) is 2. The van der Waals surface area contributed by atoms with E-state index in [4.69, 9.17) is 11.6 Å². The number of thiophene rings is 1. The van der Waals surface area contributed by atoms with Crippen LogP contribution in [0.3, 0.4) is 0 Å². The molecular formula is C9H12N6OS. The Hall–Kier alpha value is -1.93. The highest BCUT2D eigenvalue weighted by Crippen LogP contribution is 2.26. The first kappa shape index (κ1) is 11.6. The molecule has 0 aliphatic rings. The molecule has 0 saturated heterocycles.